The van der Waals surface area contributed by atoms with E-state index >= 15 is 0 Å². The number of halogens is 1. The summed E-state index contributed by atoms with van der Waals surface area (Å²) in [5, 5.41) is 11.8. The average Bonchev–Trinajstić information content (AvgIpc) is 2.61. The molecule has 7 nitrogen and oxygen atoms in total. The van der Waals surface area contributed by atoms with Gasteiger partial charge in [-0.05, 0) is 36.4 Å². The second kappa shape index (κ2) is 7.13. The zero-order chi connectivity index (χ0) is 18.9. The van der Waals surface area contributed by atoms with Crippen molar-refractivity contribution < 1.29 is 13.3 Å². The highest BCUT2D eigenvalue weighted by molar-refractivity contribution is 7.90. The van der Waals surface area contributed by atoms with Crippen molar-refractivity contribution >= 4 is 38.5 Å². The summed E-state index contributed by atoms with van der Waals surface area (Å²) in [6.45, 7) is 2.88. The smallest absolute Gasteiger partial charge is 0.288 e. The third kappa shape index (κ3) is 3.91. The van der Waals surface area contributed by atoms with Crippen LogP contribution in [0.2, 0.25) is 5.02 Å². The van der Waals surface area contributed by atoms with E-state index in [2.05, 4.69) is 4.90 Å². The molecule has 9 heteroatoms. The molecule has 1 fully saturated rings. The van der Waals surface area contributed by atoms with Gasteiger partial charge >= 0.3 is 0 Å². The molecular formula is C17H18ClN3O4S. The molecule has 0 aromatic heterocycles. The van der Waals surface area contributed by atoms with Crippen LogP contribution in [0.5, 0.6) is 0 Å². The molecule has 1 aliphatic heterocycles. The first kappa shape index (κ1) is 18.5. The third-order valence-corrected chi connectivity index (χ3v) is 5.75. The van der Waals surface area contributed by atoms with Crippen LogP contribution in [0, 0.1) is 10.1 Å². The summed E-state index contributed by atoms with van der Waals surface area (Å²) in [7, 11) is -3.69. The second-order valence-electron chi connectivity index (χ2n) is 6.13. The van der Waals surface area contributed by atoms with E-state index in [1.807, 2.05) is 29.2 Å². The van der Waals surface area contributed by atoms with Crippen LogP contribution in [-0.2, 0) is 9.84 Å². The quantitative estimate of drug-likeness (QED) is 0.584. The minimum atomic E-state index is -3.69. The predicted octanol–water partition coefficient (Wildman–Crippen LogP) is 2.98. The first-order valence-electron chi connectivity index (χ1n) is 7.99. The molecule has 0 bridgehead atoms. The number of nitro benzene ring substituents is 1. The number of rotatable bonds is 4. The molecule has 0 unspecified atom stereocenters. The minimum Gasteiger partial charge on any atom is -0.368 e. The van der Waals surface area contributed by atoms with Gasteiger partial charge in [0, 0.05) is 54.9 Å². The summed E-state index contributed by atoms with van der Waals surface area (Å²) in [6.07, 6.45) is 0.984. The number of hydrogen-bond acceptors (Lipinski definition) is 6. The Balaban J connectivity index is 1.79. The molecule has 0 saturated carbocycles. The lowest BCUT2D eigenvalue weighted by molar-refractivity contribution is -0.387. The lowest BCUT2D eigenvalue weighted by Gasteiger charge is -2.37. The van der Waals surface area contributed by atoms with E-state index in [4.69, 9.17) is 11.6 Å². The van der Waals surface area contributed by atoms with E-state index < -0.39 is 20.4 Å². The molecule has 2 aromatic carbocycles. The van der Waals surface area contributed by atoms with Crippen LogP contribution in [0.15, 0.2) is 47.4 Å². The van der Waals surface area contributed by atoms with E-state index in [-0.39, 0.29) is 4.90 Å². The van der Waals surface area contributed by atoms with E-state index in [9.17, 15) is 18.5 Å². The van der Waals surface area contributed by atoms with E-state index in [0.717, 1.165) is 25.0 Å². The Morgan fingerprint density at radius 2 is 1.46 bits per heavy atom. The number of sulfone groups is 1. The van der Waals surface area contributed by atoms with Gasteiger partial charge < -0.3 is 9.80 Å². The number of hydrogen-bond donors (Lipinski definition) is 0. The zero-order valence-electron chi connectivity index (χ0n) is 14.1. The van der Waals surface area contributed by atoms with Crippen molar-refractivity contribution in [1.29, 1.82) is 0 Å². The first-order valence-corrected chi connectivity index (χ1v) is 10.3. The Labute approximate surface area is 156 Å². The summed E-state index contributed by atoms with van der Waals surface area (Å²) < 4.78 is 23.8. The monoisotopic (exact) mass is 395 g/mol. The molecule has 0 atom stereocenters. The molecule has 2 aromatic rings. The van der Waals surface area contributed by atoms with Crippen molar-refractivity contribution in [2.75, 3.05) is 42.2 Å². The van der Waals surface area contributed by atoms with Crippen LogP contribution in [0.3, 0.4) is 0 Å². The lowest BCUT2D eigenvalue weighted by atomic mass is 10.2. The fourth-order valence-electron chi connectivity index (χ4n) is 3.02. The summed E-state index contributed by atoms with van der Waals surface area (Å²) in [6, 6.07) is 11.9. The van der Waals surface area contributed by atoms with Gasteiger partial charge in [-0.3, -0.25) is 10.1 Å². The molecule has 1 saturated heterocycles. The molecule has 1 heterocycles. The topological polar surface area (TPSA) is 83.8 Å². The summed E-state index contributed by atoms with van der Waals surface area (Å²) >= 11 is 5.92. The largest absolute Gasteiger partial charge is 0.368 e. The molecule has 0 N–H and O–H groups in total. The number of piperazine rings is 1. The Hall–Kier alpha value is -2.32. The van der Waals surface area contributed by atoms with Gasteiger partial charge in [0.2, 0.25) is 0 Å². The van der Waals surface area contributed by atoms with Gasteiger partial charge in [-0.2, -0.15) is 0 Å². The minimum absolute atomic E-state index is 0.250. The predicted molar refractivity (Wildman–Crippen MR) is 102 cm³/mol. The van der Waals surface area contributed by atoms with Gasteiger partial charge in [0.25, 0.3) is 5.69 Å². The highest BCUT2D eigenvalue weighted by Crippen LogP contribution is 2.30. The highest BCUT2D eigenvalue weighted by atomic mass is 35.5. The Bertz CT molecular complexity index is 924. The van der Waals surface area contributed by atoms with E-state index in [1.165, 1.54) is 12.1 Å². The number of anilines is 2. The van der Waals surface area contributed by atoms with Crippen molar-refractivity contribution in [3.8, 4) is 0 Å². The van der Waals surface area contributed by atoms with Crippen molar-refractivity contribution in [3.05, 3.63) is 57.6 Å². The van der Waals surface area contributed by atoms with Crippen molar-refractivity contribution in [3.63, 3.8) is 0 Å². The third-order valence-electron chi connectivity index (χ3n) is 4.38. The summed E-state index contributed by atoms with van der Waals surface area (Å²) in [4.78, 5) is 14.4. The zero-order valence-corrected chi connectivity index (χ0v) is 15.7. The molecule has 0 spiro atoms. The fraction of sp³-hybridized carbons (Fsp3) is 0.294. The normalized spacial score (nSPS) is 15.2. The van der Waals surface area contributed by atoms with Gasteiger partial charge in [0.15, 0.2) is 9.84 Å². The molecule has 138 valence electrons. The van der Waals surface area contributed by atoms with Crippen molar-refractivity contribution in [1.82, 2.24) is 0 Å². The van der Waals surface area contributed by atoms with Crippen LogP contribution >= 0.6 is 11.6 Å². The van der Waals surface area contributed by atoms with E-state index in [1.54, 1.807) is 6.07 Å². The molecule has 0 aliphatic carbocycles. The van der Waals surface area contributed by atoms with Crippen LogP contribution in [0.25, 0.3) is 0 Å². The van der Waals surface area contributed by atoms with Crippen molar-refractivity contribution in [2.45, 2.75) is 4.90 Å². The first-order chi connectivity index (χ1) is 12.3. The molecule has 1 aliphatic rings. The van der Waals surface area contributed by atoms with Gasteiger partial charge in [-0.1, -0.05) is 11.6 Å². The fourth-order valence-corrected chi connectivity index (χ4v) is 4.01. The average molecular weight is 396 g/mol. The maximum absolute atomic E-state index is 11.9. The van der Waals surface area contributed by atoms with Gasteiger partial charge in [0.05, 0.1) is 4.92 Å². The standard InChI is InChI=1S/C17H18ClN3O4S/c1-26(24,25)17-12-15(6-7-16(17)21(22)23)20-10-8-19(9-11-20)14-4-2-13(18)3-5-14/h2-7,12H,8-11H2,1H3. The Morgan fingerprint density at radius 3 is 1.96 bits per heavy atom. The maximum Gasteiger partial charge on any atom is 0.288 e. The summed E-state index contributed by atoms with van der Waals surface area (Å²) in [5.41, 5.74) is 1.36. The van der Waals surface area contributed by atoms with Gasteiger partial charge in [0.1, 0.15) is 4.90 Å². The number of nitro groups is 1. The Morgan fingerprint density at radius 1 is 0.962 bits per heavy atom. The van der Waals surface area contributed by atoms with Crippen LogP contribution in [-0.4, -0.2) is 45.8 Å². The second-order valence-corrected chi connectivity index (χ2v) is 8.55. The lowest BCUT2D eigenvalue weighted by Crippen LogP contribution is -2.46. The maximum atomic E-state index is 11.9. The number of benzene rings is 2. The van der Waals surface area contributed by atoms with Gasteiger partial charge in [-0.25, -0.2) is 8.42 Å². The molecule has 3 rings (SSSR count). The SMILES string of the molecule is CS(=O)(=O)c1cc(N2CCN(c3ccc(Cl)cc3)CC2)ccc1[N+](=O)[O-]. The molecular weight excluding hydrogens is 378 g/mol. The molecule has 26 heavy (non-hydrogen) atoms. The van der Waals surface area contributed by atoms with Crippen LogP contribution in [0.4, 0.5) is 17.1 Å². The number of nitrogens with zero attached hydrogens (tertiary/aromatic N) is 3. The summed E-state index contributed by atoms with van der Waals surface area (Å²) in [5.74, 6) is 0. The van der Waals surface area contributed by atoms with Crippen LogP contribution in [0.1, 0.15) is 0 Å². The van der Waals surface area contributed by atoms with E-state index in [0.29, 0.717) is 23.8 Å². The molecule has 0 radical (unpaired) electrons. The van der Waals surface area contributed by atoms with Gasteiger partial charge in [-0.15, -0.1) is 0 Å². The highest BCUT2D eigenvalue weighted by Gasteiger charge is 2.25. The molecule has 0 amide bonds. The van der Waals surface area contributed by atoms with Crippen molar-refractivity contribution in [2.24, 2.45) is 0 Å². The van der Waals surface area contributed by atoms with Crippen LogP contribution < -0.4 is 9.80 Å². The Kier molecular flexibility index (Phi) is 5.06.